The third-order valence-corrected chi connectivity index (χ3v) is 5.84. The highest BCUT2D eigenvalue weighted by atomic mass is 16.7. The van der Waals surface area contributed by atoms with Gasteiger partial charge in [-0.1, -0.05) is 37.3 Å². The van der Waals surface area contributed by atoms with E-state index in [-0.39, 0.29) is 5.91 Å². The molecule has 0 N–H and O–H groups in total. The van der Waals surface area contributed by atoms with Crippen molar-refractivity contribution in [1.29, 1.82) is 0 Å². The quantitative estimate of drug-likeness (QED) is 0.756. The van der Waals surface area contributed by atoms with Crippen molar-refractivity contribution in [2.45, 2.75) is 44.4 Å². The standard InChI is InChI=1S/C22H25NO3/c1-4-9-17-19(5-2)23(25-3)21(24)22(17)14-26-20-13-16-11-8-6-7-10-15(16)12-18(20)22/h4-5,9,12-13H,1,6-8,10-11,14H2,2-3H3/b17-9+,19-5+. The van der Waals surface area contributed by atoms with Crippen molar-refractivity contribution in [2.24, 2.45) is 0 Å². The summed E-state index contributed by atoms with van der Waals surface area (Å²) in [7, 11) is 1.53. The van der Waals surface area contributed by atoms with Crippen LogP contribution in [0, 0.1) is 0 Å². The topological polar surface area (TPSA) is 38.8 Å². The molecule has 0 saturated carbocycles. The number of carbonyl (C=O) groups is 1. The molecular weight excluding hydrogens is 326 g/mol. The molecule has 0 radical (unpaired) electrons. The van der Waals surface area contributed by atoms with Crippen molar-refractivity contribution < 1.29 is 14.4 Å². The molecule has 4 heteroatoms. The van der Waals surface area contributed by atoms with Crippen LogP contribution in [-0.2, 0) is 27.9 Å². The lowest BCUT2D eigenvalue weighted by Crippen LogP contribution is -2.39. The lowest BCUT2D eigenvalue weighted by atomic mass is 9.75. The summed E-state index contributed by atoms with van der Waals surface area (Å²) in [4.78, 5) is 18.8. The first-order chi connectivity index (χ1) is 12.7. The maximum atomic E-state index is 13.4. The van der Waals surface area contributed by atoms with E-state index in [9.17, 15) is 4.79 Å². The zero-order chi connectivity index (χ0) is 18.3. The summed E-state index contributed by atoms with van der Waals surface area (Å²) in [5, 5.41) is 1.39. The molecule has 1 aliphatic carbocycles. The van der Waals surface area contributed by atoms with Crippen LogP contribution in [0.2, 0.25) is 0 Å². The average Bonchev–Trinajstić information content (AvgIpc) is 3.00. The van der Waals surface area contributed by atoms with E-state index in [4.69, 9.17) is 9.57 Å². The maximum absolute atomic E-state index is 13.4. The van der Waals surface area contributed by atoms with Crippen molar-refractivity contribution in [2.75, 3.05) is 13.7 Å². The number of ether oxygens (including phenoxy) is 1. The van der Waals surface area contributed by atoms with Crippen LogP contribution in [0.5, 0.6) is 5.75 Å². The Balaban J connectivity index is 1.93. The smallest absolute Gasteiger partial charge is 0.269 e. The molecule has 1 spiro atoms. The molecule has 3 aliphatic rings. The summed E-state index contributed by atoms with van der Waals surface area (Å²) in [5.74, 6) is 0.746. The number of allylic oxidation sites excluding steroid dienone is 4. The Labute approximate surface area is 154 Å². The second-order valence-corrected chi connectivity index (χ2v) is 7.14. The van der Waals surface area contributed by atoms with Crippen LogP contribution in [0.15, 0.2) is 48.2 Å². The molecule has 1 aromatic rings. The third kappa shape index (κ3) is 2.21. The Bertz CT molecular complexity index is 836. The van der Waals surface area contributed by atoms with E-state index >= 15 is 0 Å². The third-order valence-electron chi connectivity index (χ3n) is 5.84. The molecule has 1 saturated heterocycles. The molecule has 1 amide bonds. The number of hydrogen-bond donors (Lipinski definition) is 0. The van der Waals surface area contributed by atoms with Gasteiger partial charge in [0.2, 0.25) is 0 Å². The van der Waals surface area contributed by atoms with Gasteiger partial charge in [0.05, 0.1) is 12.8 Å². The van der Waals surface area contributed by atoms with Gasteiger partial charge in [0.25, 0.3) is 5.91 Å². The number of fused-ring (bicyclic) bond motifs is 3. The number of nitrogens with zero attached hydrogens (tertiary/aromatic N) is 1. The fourth-order valence-electron chi connectivity index (χ4n) is 4.58. The first-order valence-corrected chi connectivity index (χ1v) is 9.35. The SMILES string of the molecule is C=C/C=C1\C(=C/C)N(OC)C(=O)C12COc1cc3c(cc12)CCCCC3. The normalized spacial score (nSPS) is 27.6. The summed E-state index contributed by atoms with van der Waals surface area (Å²) < 4.78 is 6.07. The minimum absolute atomic E-state index is 0.0893. The Kier molecular flexibility index (Phi) is 4.23. The van der Waals surface area contributed by atoms with Gasteiger partial charge in [0.15, 0.2) is 0 Å². The molecule has 2 aliphatic heterocycles. The van der Waals surface area contributed by atoms with E-state index in [2.05, 4.69) is 18.7 Å². The van der Waals surface area contributed by atoms with Crippen LogP contribution in [-0.4, -0.2) is 24.7 Å². The summed E-state index contributed by atoms with van der Waals surface area (Å²) in [6, 6.07) is 4.37. The minimum atomic E-state index is -0.845. The molecule has 136 valence electrons. The van der Waals surface area contributed by atoms with Crippen molar-refractivity contribution in [1.82, 2.24) is 5.06 Å². The molecule has 1 fully saturated rings. The zero-order valence-corrected chi connectivity index (χ0v) is 15.5. The summed E-state index contributed by atoms with van der Waals surface area (Å²) in [6.07, 6.45) is 11.4. The van der Waals surface area contributed by atoms with Crippen molar-refractivity contribution >= 4 is 5.91 Å². The maximum Gasteiger partial charge on any atom is 0.269 e. The van der Waals surface area contributed by atoms with Gasteiger partial charge < -0.3 is 4.74 Å². The summed E-state index contributed by atoms with van der Waals surface area (Å²) in [6.45, 7) is 6.07. The molecule has 4 nitrogen and oxygen atoms in total. The van der Waals surface area contributed by atoms with Crippen LogP contribution in [0.25, 0.3) is 0 Å². The Hall–Kier alpha value is -2.33. The first-order valence-electron chi connectivity index (χ1n) is 9.35. The second kappa shape index (κ2) is 6.44. The van der Waals surface area contributed by atoms with Gasteiger partial charge in [-0.15, -0.1) is 0 Å². The average molecular weight is 351 g/mol. The van der Waals surface area contributed by atoms with Crippen LogP contribution in [0.4, 0.5) is 0 Å². The predicted octanol–water partition coefficient (Wildman–Crippen LogP) is 4.01. The van der Waals surface area contributed by atoms with Crippen molar-refractivity contribution in [3.8, 4) is 5.75 Å². The van der Waals surface area contributed by atoms with Crippen LogP contribution in [0.1, 0.15) is 42.9 Å². The number of aryl methyl sites for hydroxylation is 2. The lowest BCUT2D eigenvalue weighted by molar-refractivity contribution is -0.164. The second-order valence-electron chi connectivity index (χ2n) is 7.14. The predicted molar refractivity (Wildman–Crippen MR) is 101 cm³/mol. The van der Waals surface area contributed by atoms with Crippen molar-refractivity contribution in [3.05, 3.63) is 64.9 Å². The number of carbonyl (C=O) groups excluding carboxylic acids is 1. The van der Waals surface area contributed by atoms with E-state index in [1.54, 1.807) is 6.08 Å². The summed E-state index contributed by atoms with van der Waals surface area (Å²) >= 11 is 0. The van der Waals surface area contributed by atoms with Crippen molar-refractivity contribution in [3.63, 3.8) is 0 Å². The van der Waals surface area contributed by atoms with Gasteiger partial charge >= 0.3 is 0 Å². The number of amides is 1. The highest BCUT2D eigenvalue weighted by Crippen LogP contribution is 2.53. The van der Waals surface area contributed by atoms with Gasteiger partial charge in [-0.3, -0.25) is 9.63 Å². The highest BCUT2D eigenvalue weighted by Gasteiger charge is 2.59. The largest absolute Gasteiger partial charge is 0.491 e. The fourth-order valence-corrected chi connectivity index (χ4v) is 4.58. The molecule has 1 unspecified atom stereocenters. The van der Waals surface area contributed by atoms with Gasteiger partial charge in [-0.05, 0) is 49.8 Å². The molecule has 0 bridgehead atoms. The monoisotopic (exact) mass is 351 g/mol. The van der Waals surface area contributed by atoms with Gasteiger partial charge in [0, 0.05) is 11.1 Å². The molecule has 0 aromatic heterocycles. The Morgan fingerprint density at radius 3 is 2.62 bits per heavy atom. The minimum Gasteiger partial charge on any atom is -0.491 e. The van der Waals surface area contributed by atoms with Crippen LogP contribution < -0.4 is 4.74 Å². The Morgan fingerprint density at radius 2 is 1.96 bits per heavy atom. The van der Waals surface area contributed by atoms with Gasteiger partial charge in [-0.2, -0.15) is 5.06 Å². The number of rotatable bonds is 2. The number of benzene rings is 1. The fraction of sp³-hybridized carbons (Fsp3) is 0.409. The molecular formula is C22H25NO3. The van der Waals surface area contributed by atoms with E-state index < -0.39 is 5.41 Å². The van der Waals surface area contributed by atoms with E-state index in [1.165, 1.54) is 42.6 Å². The molecule has 2 heterocycles. The van der Waals surface area contributed by atoms with E-state index in [0.29, 0.717) is 6.61 Å². The number of hydroxylamine groups is 2. The van der Waals surface area contributed by atoms with Gasteiger partial charge in [0.1, 0.15) is 17.8 Å². The molecule has 26 heavy (non-hydrogen) atoms. The molecule has 1 aromatic carbocycles. The highest BCUT2D eigenvalue weighted by molar-refractivity contribution is 6.00. The molecule has 1 atom stereocenters. The van der Waals surface area contributed by atoms with Crippen LogP contribution in [0.3, 0.4) is 0 Å². The van der Waals surface area contributed by atoms with E-state index in [1.807, 2.05) is 19.1 Å². The number of hydrogen-bond acceptors (Lipinski definition) is 3. The van der Waals surface area contributed by atoms with Crippen LogP contribution >= 0.6 is 0 Å². The lowest BCUT2D eigenvalue weighted by Gasteiger charge is -2.22. The van der Waals surface area contributed by atoms with Gasteiger partial charge in [-0.25, -0.2) is 0 Å². The summed E-state index contributed by atoms with van der Waals surface area (Å²) in [5.41, 5.74) is 4.51. The first kappa shape index (κ1) is 17.1. The molecule has 4 rings (SSSR count). The zero-order valence-electron chi connectivity index (χ0n) is 15.5. The Morgan fingerprint density at radius 1 is 1.23 bits per heavy atom. The van der Waals surface area contributed by atoms with E-state index in [0.717, 1.165) is 35.4 Å².